The number of rotatable bonds is 5. The molecule has 0 bridgehead atoms. The second kappa shape index (κ2) is 11.0. The first-order valence-electron chi connectivity index (χ1n) is 12.6. The van der Waals surface area contributed by atoms with E-state index in [4.69, 9.17) is 9.47 Å². The average molecular weight is 519 g/mol. The highest BCUT2D eigenvalue weighted by Crippen LogP contribution is 2.41. The van der Waals surface area contributed by atoms with E-state index in [-0.39, 0.29) is 23.6 Å². The second-order valence-electron chi connectivity index (χ2n) is 9.13. The molecule has 1 unspecified atom stereocenters. The van der Waals surface area contributed by atoms with E-state index in [0.29, 0.717) is 61.7 Å². The SMILES string of the molecule is CC.CC(Oc1cc(-c2ccc(N3CCOCC3)c(C(F)(F)F)c2)cc2nn(C)cc12)[C@H]1CNC(=O)C1. The van der Waals surface area contributed by atoms with Crippen LogP contribution in [0.1, 0.15) is 32.8 Å². The number of halogens is 3. The Morgan fingerprint density at radius 3 is 2.51 bits per heavy atom. The number of ether oxygens (including phenoxy) is 2. The molecule has 2 atom stereocenters. The zero-order valence-corrected chi connectivity index (χ0v) is 21.6. The summed E-state index contributed by atoms with van der Waals surface area (Å²) in [6.45, 7) is 8.06. The lowest BCUT2D eigenvalue weighted by atomic mass is 9.99. The topological polar surface area (TPSA) is 68.6 Å². The molecule has 0 saturated carbocycles. The van der Waals surface area contributed by atoms with Crippen LogP contribution >= 0.6 is 0 Å². The lowest BCUT2D eigenvalue weighted by Crippen LogP contribution is -2.37. The maximum Gasteiger partial charge on any atom is 0.418 e. The summed E-state index contributed by atoms with van der Waals surface area (Å²) in [6.07, 6.45) is -2.56. The van der Waals surface area contributed by atoms with Crippen LogP contribution in [0.2, 0.25) is 0 Å². The van der Waals surface area contributed by atoms with E-state index in [1.165, 1.54) is 12.1 Å². The Morgan fingerprint density at radius 1 is 1.14 bits per heavy atom. The number of nitrogens with zero attached hydrogens (tertiary/aromatic N) is 3. The molecule has 0 radical (unpaired) electrons. The third kappa shape index (κ3) is 5.84. The quantitative estimate of drug-likeness (QED) is 0.514. The number of aromatic nitrogens is 2. The third-order valence-corrected chi connectivity index (χ3v) is 6.67. The molecule has 2 aromatic carbocycles. The van der Waals surface area contributed by atoms with Gasteiger partial charge in [0.25, 0.3) is 0 Å². The third-order valence-electron chi connectivity index (χ3n) is 6.67. The van der Waals surface area contributed by atoms with Gasteiger partial charge in [0.2, 0.25) is 5.91 Å². The van der Waals surface area contributed by atoms with Crippen molar-refractivity contribution < 1.29 is 27.4 Å². The summed E-state index contributed by atoms with van der Waals surface area (Å²) in [6, 6.07) is 7.97. The van der Waals surface area contributed by atoms with Crippen LogP contribution in [0.15, 0.2) is 36.5 Å². The molecule has 10 heteroatoms. The van der Waals surface area contributed by atoms with Crippen LogP contribution in [0.3, 0.4) is 0 Å². The largest absolute Gasteiger partial charge is 0.490 e. The molecule has 1 aromatic heterocycles. The van der Waals surface area contributed by atoms with Gasteiger partial charge in [-0.05, 0) is 42.3 Å². The normalized spacial score (nSPS) is 18.8. The molecule has 37 heavy (non-hydrogen) atoms. The van der Waals surface area contributed by atoms with E-state index >= 15 is 0 Å². The number of hydrogen-bond acceptors (Lipinski definition) is 5. The van der Waals surface area contributed by atoms with Crippen molar-refractivity contribution in [3.63, 3.8) is 0 Å². The van der Waals surface area contributed by atoms with E-state index in [9.17, 15) is 18.0 Å². The first-order valence-corrected chi connectivity index (χ1v) is 12.6. The number of hydrogen-bond donors (Lipinski definition) is 1. The van der Waals surface area contributed by atoms with Gasteiger partial charge < -0.3 is 19.7 Å². The zero-order valence-electron chi connectivity index (χ0n) is 21.6. The Hall–Kier alpha value is -3.27. The lowest BCUT2D eigenvalue weighted by molar-refractivity contribution is -0.137. The molecule has 2 saturated heterocycles. The summed E-state index contributed by atoms with van der Waals surface area (Å²) < 4.78 is 55.4. The molecule has 2 aliphatic rings. The summed E-state index contributed by atoms with van der Waals surface area (Å²) in [5, 5.41) is 8.04. The molecule has 1 N–H and O–H groups in total. The fraction of sp³-hybridized carbons (Fsp3) is 0.481. The molecule has 1 amide bonds. The van der Waals surface area contributed by atoms with Gasteiger partial charge in [0.05, 0.1) is 29.7 Å². The fourth-order valence-corrected chi connectivity index (χ4v) is 4.75. The Morgan fingerprint density at radius 2 is 1.86 bits per heavy atom. The smallest absolute Gasteiger partial charge is 0.418 e. The van der Waals surface area contributed by atoms with Crippen LogP contribution < -0.4 is 15.0 Å². The van der Waals surface area contributed by atoms with Gasteiger partial charge in [-0.2, -0.15) is 18.3 Å². The van der Waals surface area contributed by atoms with Crippen LogP contribution in [0.25, 0.3) is 22.0 Å². The van der Waals surface area contributed by atoms with Gasteiger partial charge in [-0.1, -0.05) is 19.9 Å². The van der Waals surface area contributed by atoms with Crippen molar-refractivity contribution in [2.24, 2.45) is 13.0 Å². The van der Waals surface area contributed by atoms with E-state index in [0.717, 1.165) is 5.39 Å². The Bertz CT molecular complexity index is 1250. The molecular weight excluding hydrogens is 485 g/mol. The number of benzene rings is 2. The Kier molecular flexibility index (Phi) is 7.96. The minimum absolute atomic E-state index is 0.00855. The standard InChI is InChI=1S/C25H27F3N4O3.C2H6/c1-15(18-12-24(33)29-13-18)35-23-11-17(10-21-19(23)14-31(2)30-21)16-3-4-22(20(9-16)25(26,27)28)32-5-7-34-8-6-32;1-2/h3-4,9-11,14-15,18H,5-8,12-13H2,1-2H3,(H,29,33);1-2H3/t15?,18-;/m1./s1. The summed E-state index contributed by atoms with van der Waals surface area (Å²) in [5.41, 5.74) is 1.12. The van der Waals surface area contributed by atoms with Crippen molar-refractivity contribution in [3.05, 3.63) is 42.1 Å². The number of carbonyl (C=O) groups is 1. The maximum atomic E-state index is 14.1. The maximum absolute atomic E-state index is 14.1. The number of carbonyl (C=O) groups excluding carboxylic acids is 1. The van der Waals surface area contributed by atoms with Crippen LogP contribution in [0, 0.1) is 5.92 Å². The van der Waals surface area contributed by atoms with Crippen molar-refractivity contribution in [1.29, 1.82) is 0 Å². The summed E-state index contributed by atoms with van der Waals surface area (Å²) in [7, 11) is 1.78. The zero-order chi connectivity index (χ0) is 26.7. The number of fused-ring (bicyclic) bond motifs is 1. The van der Waals surface area contributed by atoms with E-state index in [1.807, 2.05) is 27.0 Å². The molecule has 0 aliphatic carbocycles. The molecule has 2 aliphatic heterocycles. The molecule has 7 nitrogen and oxygen atoms in total. The number of morpholine rings is 1. The van der Waals surface area contributed by atoms with Crippen LogP contribution in [0.5, 0.6) is 5.75 Å². The monoisotopic (exact) mass is 518 g/mol. The minimum atomic E-state index is -4.51. The molecule has 3 heterocycles. The van der Waals surface area contributed by atoms with Gasteiger partial charge in [-0.25, -0.2) is 0 Å². The highest BCUT2D eigenvalue weighted by atomic mass is 19.4. The average Bonchev–Trinajstić information content (AvgIpc) is 3.49. The minimum Gasteiger partial charge on any atom is -0.490 e. The van der Waals surface area contributed by atoms with Gasteiger partial charge in [-0.15, -0.1) is 0 Å². The second-order valence-corrected chi connectivity index (χ2v) is 9.13. The first kappa shape index (κ1) is 26.8. The van der Waals surface area contributed by atoms with E-state index in [1.54, 1.807) is 34.8 Å². The van der Waals surface area contributed by atoms with Gasteiger partial charge >= 0.3 is 6.18 Å². The number of anilines is 1. The van der Waals surface area contributed by atoms with Crippen molar-refractivity contribution in [2.45, 2.75) is 39.5 Å². The predicted molar refractivity (Wildman–Crippen MR) is 137 cm³/mol. The molecule has 200 valence electrons. The van der Waals surface area contributed by atoms with Gasteiger partial charge in [0.15, 0.2) is 0 Å². The van der Waals surface area contributed by atoms with E-state index in [2.05, 4.69) is 10.4 Å². The summed E-state index contributed by atoms with van der Waals surface area (Å²) in [5.74, 6) is 0.538. The highest BCUT2D eigenvalue weighted by molar-refractivity contribution is 5.90. The van der Waals surface area contributed by atoms with Gasteiger partial charge in [0, 0.05) is 50.9 Å². The predicted octanol–water partition coefficient (Wildman–Crippen LogP) is 5.03. The Labute approximate surface area is 214 Å². The highest BCUT2D eigenvalue weighted by Gasteiger charge is 2.36. The summed E-state index contributed by atoms with van der Waals surface area (Å²) >= 11 is 0. The lowest BCUT2D eigenvalue weighted by Gasteiger charge is -2.31. The molecule has 5 rings (SSSR count). The molecule has 2 fully saturated rings. The van der Waals surface area contributed by atoms with Crippen molar-refractivity contribution in [3.8, 4) is 16.9 Å². The van der Waals surface area contributed by atoms with E-state index < -0.39 is 11.7 Å². The van der Waals surface area contributed by atoms with Crippen LogP contribution in [0.4, 0.5) is 18.9 Å². The Balaban J connectivity index is 0.00000156. The van der Waals surface area contributed by atoms with Gasteiger partial charge in [0.1, 0.15) is 11.9 Å². The van der Waals surface area contributed by atoms with Crippen molar-refractivity contribution >= 4 is 22.5 Å². The fourth-order valence-electron chi connectivity index (χ4n) is 4.75. The molecule has 0 spiro atoms. The summed E-state index contributed by atoms with van der Waals surface area (Å²) in [4.78, 5) is 13.4. The van der Waals surface area contributed by atoms with Crippen LogP contribution in [-0.2, 0) is 22.8 Å². The van der Waals surface area contributed by atoms with Crippen LogP contribution in [-0.4, -0.2) is 54.6 Å². The first-order chi connectivity index (χ1) is 17.7. The van der Waals surface area contributed by atoms with Crippen molar-refractivity contribution in [1.82, 2.24) is 15.1 Å². The molecular formula is C27H33F3N4O3. The molecule has 3 aromatic rings. The number of amides is 1. The van der Waals surface area contributed by atoms with Crippen molar-refractivity contribution in [2.75, 3.05) is 37.7 Å². The number of nitrogens with one attached hydrogen (secondary N) is 1. The number of alkyl halides is 3. The number of aryl methyl sites for hydroxylation is 1. The van der Waals surface area contributed by atoms with Gasteiger partial charge in [-0.3, -0.25) is 9.48 Å².